The Morgan fingerprint density at radius 2 is 1.97 bits per heavy atom. The highest BCUT2D eigenvalue weighted by atomic mass is 16.5. The summed E-state index contributed by atoms with van der Waals surface area (Å²) in [6.07, 6.45) is 0.0629. The molecule has 0 aromatic heterocycles. The summed E-state index contributed by atoms with van der Waals surface area (Å²) in [5.41, 5.74) is 1.64. The number of carboxylic acid groups (broad SMARTS) is 1. The Labute approximate surface area is 168 Å². The van der Waals surface area contributed by atoms with Gasteiger partial charge >= 0.3 is 5.97 Å². The number of aromatic carboxylic acids is 1. The third kappa shape index (κ3) is 4.55. The van der Waals surface area contributed by atoms with E-state index in [1.807, 2.05) is 0 Å². The zero-order valence-electron chi connectivity index (χ0n) is 16.2. The van der Waals surface area contributed by atoms with Gasteiger partial charge in [-0.1, -0.05) is 12.1 Å². The number of nitrogens with zero attached hydrogens (tertiary/aromatic N) is 1. The molecule has 2 N–H and O–H groups in total. The van der Waals surface area contributed by atoms with Crippen LogP contribution in [0.15, 0.2) is 42.5 Å². The number of anilines is 2. The van der Waals surface area contributed by atoms with Gasteiger partial charge in [0.2, 0.25) is 11.8 Å². The molecule has 1 unspecified atom stereocenters. The zero-order valence-corrected chi connectivity index (χ0v) is 16.2. The molecule has 8 nitrogen and oxygen atoms in total. The van der Waals surface area contributed by atoms with Gasteiger partial charge < -0.3 is 24.8 Å². The van der Waals surface area contributed by atoms with Crippen LogP contribution in [0.25, 0.3) is 0 Å². The van der Waals surface area contributed by atoms with Crippen molar-refractivity contribution < 1.29 is 29.0 Å². The molecule has 0 aliphatic carbocycles. The van der Waals surface area contributed by atoms with Crippen LogP contribution in [-0.4, -0.2) is 43.7 Å². The average Bonchev–Trinajstić information content (AvgIpc) is 3.09. The van der Waals surface area contributed by atoms with Gasteiger partial charge in [0, 0.05) is 25.8 Å². The van der Waals surface area contributed by atoms with Crippen molar-refractivity contribution in [3.63, 3.8) is 0 Å². The lowest BCUT2D eigenvalue weighted by molar-refractivity contribution is -0.122. The van der Waals surface area contributed by atoms with Gasteiger partial charge in [0.25, 0.3) is 0 Å². The summed E-state index contributed by atoms with van der Waals surface area (Å²) in [6.45, 7) is 0.433. The maximum absolute atomic E-state index is 12.7. The molecule has 0 bridgehead atoms. The number of carboxylic acids is 1. The highest BCUT2D eigenvalue weighted by Gasteiger charge is 2.36. The van der Waals surface area contributed by atoms with Crippen LogP contribution in [0.3, 0.4) is 0 Å². The number of rotatable bonds is 7. The van der Waals surface area contributed by atoms with E-state index >= 15 is 0 Å². The molecule has 0 radical (unpaired) electrons. The van der Waals surface area contributed by atoms with E-state index in [4.69, 9.17) is 9.47 Å². The number of ether oxygens (including phenoxy) is 2. The summed E-state index contributed by atoms with van der Waals surface area (Å²) in [6, 6.07) is 11.7. The van der Waals surface area contributed by atoms with Crippen LogP contribution in [-0.2, 0) is 20.9 Å². The number of amides is 2. The van der Waals surface area contributed by atoms with E-state index in [1.165, 1.54) is 31.3 Å². The van der Waals surface area contributed by atoms with Crippen LogP contribution in [0, 0.1) is 5.92 Å². The largest absolute Gasteiger partial charge is 0.495 e. The van der Waals surface area contributed by atoms with Crippen LogP contribution in [0.4, 0.5) is 11.4 Å². The van der Waals surface area contributed by atoms with Crippen LogP contribution < -0.4 is 15.0 Å². The van der Waals surface area contributed by atoms with Crippen LogP contribution in [0.2, 0.25) is 0 Å². The lowest BCUT2D eigenvalue weighted by Crippen LogP contribution is -2.28. The fraction of sp³-hybridized carbons (Fsp3) is 0.286. The summed E-state index contributed by atoms with van der Waals surface area (Å²) in [4.78, 5) is 38.1. The molecule has 152 valence electrons. The van der Waals surface area contributed by atoms with Crippen molar-refractivity contribution in [2.24, 2.45) is 5.92 Å². The Morgan fingerprint density at radius 3 is 2.66 bits per heavy atom. The van der Waals surface area contributed by atoms with E-state index < -0.39 is 11.9 Å². The summed E-state index contributed by atoms with van der Waals surface area (Å²) >= 11 is 0. The van der Waals surface area contributed by atoms with Crippen LogP contribution >= 0.6 is 0 Å². The number of nitrogens with one attached hydrogen (secondary N) is 1. The first kappa shape index (κ1) is 20.3. The number of carbonyl (C=O) groups excluding carboxylic acids is 2. The molecule has 3 rings (SSSR count). The number of carbonyl (C=O) groups is 3. The number of hydrogen-bond acceptors (Lipinski definition) is 5. The summed E-state index contributed by atoms with van der Waals surface area (Å²) in [7, 11) is 3.03. The van der Waals surface area contributed by atoms with Crippen molar-refractivity contribution in [1.29, 1.82) is 0 Å². The fourth-order valence-electron chi connectivity index (χ4n) is 3.35. The Morgan fingerprint density at radius 1 is 1.21 bits per heavy atom. The standard InChI is InChI=1S/C21H22N2O6/c1-28-12-13-7-14(21(26)27)9-16(8-13)22-20(25)15-10-19(24)23(11-15)17-5-3-4-6-18(17)29-2/h3-9,15H,10-12H2,1-2H3,(H,22,25)(H,26,27). The summed E-state index contributed by atoms with van der Waals surface area (Å²) < 4.78 is 10.4. The normalized spacial score (nSPS) is 16.0. The Balaban J connectivity index is 1.77. The van der Waals surface area contributed by atoms with Gasteiger partial charge in [0.1, 0.15) is 5.75 Å². The van der Waals surface area contributed by atoms with Gasteiger partial charge in [-0.2, -0.15) is 0 Å². The smallest absolute Gasteiger partial charge is 0.335 e. The van der Waals surface area contributed by atoms with Crippen LogP contribution in [0.1, 0.15) is 22.3 Å². The lowest BCUT2D eigenvalue weighted by atomic mass is 10.1. The molecule has 1 heterocycles. The van der Waals surface area contributed by atoms with E-state index in [0.29, 0.717) is 22.7 Å². The van der Waals surface area contributed by atoms with Gasteiger partial charge in [-0.3, -0.25) is 9.59 Å². The minimum Gasteiger partial charge on any atom is -0.495 e. The Bertz CT molecular complexity index is 943. The molecule has 0 saturated carbocycles. The quantitative estimate of drug-likeness (QED) is 0.743. The first-order valence-electron chi connectivity index (χ1n) is 9.03. The SMILES string of the molecule is COCc1cc(NC(=O)C2CC(=O)N(c3ccccc3OC)C2)cc(C(=O)O)c1. The minimum atomic E-state index is -1.10. The molecule has 2 amide bonds. The molecule has 29 heavy (non-hydrogen) atoms. The van der Waals surface area contributed by atoms with Crippen molar-refractivity contribution in [3.05, 3.63) is 53.6 Å². The topological polar surface area (TPSA) is 105 Å². The first-order chi connectivity index (χ1) is 13.9. The molecule has 2 aromatic carbocycles. The third-order valence-corrected chi connectivity index (χ3v) is 4.69. The molecule has 1 aliphatic rings. The van der Waals surface area contributed by atoms with E-state index in [9.17, 15) is 19.5 Å². The van der Waals surface area contributed by atoms with Crippen molar-refractivity contribution in [2.75, 3.05) is 31.0 Å². The monoisotopic (exact) mass is 398 g/mol. The average molecular weight is 398 g/mol. The molecular formula is C21H22N2O6. The molecule has 1 fully saturated rings. The van der Waals surface area contributed by atoms with E-state index in [2.05, 4.69) is 5.32 Å². The van der Waals surface area contributed by atoms with E-state index in [-0.39, 0.29) is 37.0 Å². The molecule has 0 spiro atoms. The second-order valence-electron chi connectivity index (χ2n) is 6.72. The summed E-state index contributed by atoms with van der Waals surface area (Å²) in [5.74, 6) is -1.63. The highest BCUT2D eigenvalue weighted by molar-refractivity contribution is 6.04. The van der Waals surface area contributed by atoms with Crippen LogP contribution in [0.5, 0.6) is 5.75 Å². The van der Waals surface area contributed by atoms with Crippen molar-refractivity contribution >= 4 is 29.2 Å². The number of benzene rings is 2. The fourth-order valence-corrected chi connectivity index (χ4v) is 3.35. The molecule has 8 heteroatoms. The maximum atomic E-state index is 12.7. The van der Waals surface area contributed by atoms with Gasteiger partial charge in [0.15, 0.2) is 0 Å². The van der Waals surface area contributed by atoms with Crippen molar-refractivity contribution in [3.8, 4) is 5.75 Å². The predicted molar refractivity (Wildman–Crippen MR) is 106 cm³/mol. The molecule has 1 atom stereocenters. The Hall–Kier alpha value is -3.39. The third-order valence-electron chi connectivity index (χ3n) is 4.69. The highest BCUT2D eigenvalue weighted by Crippen LogP contribution is 2.33. The van der Waals surface area contributed by atoms with Gasteiger partial charge in [-0.05, 0) is 35.9 Å². The summed E-state index contributed by atoms with van der Waals surface area (Å²) in [5, 5.41) is 12.0. The lowest BCUT2D eigenvalue weighted by Gasteiger charge is -2.19. The first-order valence-corrected chi connectivity index (χ1v) is 9.03. The minimum absolute atomic E-state index is 0.0491. The zero-order chi connectivity index (χ0) is 21.0. The molecule has 1 saturated heterocycles. The second-order valence-corrected chi connectivity index (χ2v) is 6.72. The predicted octanol–water partition coefficient (Wildman–Crippen LogP) is 2.53. The van der Waals surface area contributed by atoms with Crippen molar-refractivity contribution in [1.82, 2.24) is 0 Å². The number of methoxy groups -OCH3 is 2. The molecule has 2 aromatic rings. The Kier molecular flexibility index (Phi) is 6.13. The molecular weight excluding hydrogens is 376 g/mol. The van der Waals surface area contributed by atoms with Gasteiger partial charge in [0.05, 0.1) is 30.9 Å². The van der Waals surface area contributed by atoms with E-state index in [0.717, 1.165) is 0 Å². The van der Waals surface area contributed by atoms with Gasteiger partial charge in [-0.15, -0.1) is 0 Å². The number of para-hydroxylation sites is 2. The van der Waals surface area contributed by atoms with E-state index in [1.54, 1.807) is 30.3 Å². The molecule has 1 aliphatic heterocycles. The maximum Gasteiger partial charge on any atom is 0.335 e. The van der Waals surface area contributed by atoms with Crippen molar-refractivity contribution in [2.45, 2.75) is 13.0 Å². The van der Waals surface area contributed by atoms with Gasteiger partial charge in [-0.25, -0.2) is 4.79 Å². The second kappa shape index (κ2) is 8.74. The number of hydrogen-bond donors (Lipinski definition) is 2.